The summed E-state index contributed by atoms with van der Waals surface area (Å²) in [5, 5.41) is 6.29. The Hall–Kier alpha value is -3.12. The summed E-state index contributed by atoms with van der Waals surface area (Å²) in [7, 11) is 0. The van der Waals surface area contributed by atoms with Gasteiger partial charge in [0.2, 0.25) is 0 Å². The van der Waals surface area contributed by atoms with Gasteiger partial charge in [-0.05, 0) is 80.9 Å². The Bertz CT molecular complexity index is 1070. The van der Waals surface area contributed by atoms with Crippen molar-refractivity contribution in [2.75, 3.05) is 32.7 Å². The Morgan fingerprint density at radius 1 is 1.03 bits per heavy atom. The largest absolute Gasteiger partial charge is 0.482 e. The zero-order valence-corrected chi connectivity index (χ0v) is 20.4. The van der Waals surface area contributed by atoms with Crippen molar-refractivity contribution in [2.24, 2.45) is 0 Å². The molecule has 1 spiro atoms. The Labute approximate surface area is 202 Å². The summed E-state index contributed by atoms with van der Waals surface area (Å²) in [6.45, 7) is 9.83. The Kier molecular flexibility index (Phi) is 7.37. The van der Waals surface area contributed by atoms with Crippen molar-refractivity contribution in [3.05, 3.63) is 70.8 Å². The number of hydrogen-bond donors (Lipinski definition) is 2. The molecule has 0 atom stereocenters. The van der Waals surface area contributed by atoms with E-state index in [2.05, 4.69) is 23.6 Å². The molecular weight excluding hydrogens is 426 g/mol. The molecule has 0 aliphatic carbocycles. The topological polar surface area (TPSA) is 70.7 Å². The van der Waals surface area contributed by atoms with Crippen LogP contribution in [-0.2, 0) is 0 Å². The summed E-state index contributed by atoms with van der Waals surface area (Å²) in [5.41, 5.74) is 3.92. The van der Waals surface area contributed by atoms with Crippen molar-refractivity contribution in [1.29, 1.82) is 0 Å². The number of piperidine rings is 1. The molecule has 0 radical (unpaired) electrons. The van der Waals surface area contributed by atoms with E-state index in [9.17, 15) is 9.59 Å². The number of nitrogens with one attached hydrogen (secondary N) is 2. The highest BCUT2D eigenvalue weighted by Crippen LogP contribution is 2.43. The number of rotatable bonds is 7. The molecule has 2 amide bonds. The quantitative estimate of drug-likeness (QED) is 0.647. The van der Waals surface area contributed by atoms with Gasteiger partial charge in [-0.2, -0.15) is 0 Å². The van der Waals surface area contributed by atoms with E-state index in [4.69, 9.17) is 4.74 Å². The van der Waals surface area contributed by atoms with Crippen LogP contribution in [0.3, 0.4) is 0 Å². The van der Waals surface area contributed by atoms with Gasteiger partial charge in [0, 0.05) is 49.2 Å². The molecule has 2 aliphatic heterocycles. The summed E-state index contributed by atoms with van der Waals surface area (Å²) in [6.07, 6.45) is 4.93. The first-order valence-electron chi connectivity index (χ1n) is 12.4. The fraction of sp³-hybridized carbons (Fsp3) is 0.429. The molecule has 180 valence electrons. The predicted octanol–water partition coefficient (Wildman–Crippen LogP) is 4.25. The van der Waals surface area contributed by atoms with Crippen molar-refractivity contribution in [3.8, 4) is 5.75 Å². The van der Waals surface area contributed by atoms with E-state index in [0.29, 0.717) is 24.2 Å². The number of carbonyl (C=O) groups excluding carboxylic acids is 2. The normalized spacial score (nSPS) is 16.3. The van der Waals surface area contributed by atoms with Gasteiger partial charge >= 0.3 is 0 Å². The monoisotopic (exact) mass is 461 g/mol. The van der Waals surface area contributed by atoms with Crippen LogP contribution in [0.1, 0.15) is 71.9 Å². The zero-order chi connectivity index (χ0) is 24.1. The van der Waals surface area contributed by atoms with E-state index in [1.165, 1.54) is 0 Å². The Morgan fingerprint density at radius 2 is 1.74 bits per heavy atom. The first kappa shape index (κ1) is 24.0. The highest BCUT2D eigenvalue weighted by atomic mass is 16.5. The van der Waals surface area contributed by atoms with E-state index < -0.39 is 0 Å². The molecule has 4 rings (SSSR count). The average molecular weight is 462 g/mol. The van der Waals surface area contributed by atoms with Crippen LogP contribution in [0.2, 0.25) is 0 Å². The maximum absolute atomic E-state index is 12.9. The molecule has 6 heteroatoms. The molecular formula is C28H35N3O3. The molecule has 0 unspecified atom stereocenters. The second-order valence-corrected chi connectivity index (χ2v) is 9.01. The molecule has 2 aliphatic rings. The number of amides is 2. The summed E-state index contributed by atoms with van der Waals surface area (Å²) in [4.78, 5) is 27.3. The lowest BCUT2D eigenvalue weighted by molar-refractivity contribution is 0.0763. The van der Waals surface area contributed by atoms with Crippen molar-refractivity contribution in [3.63, 3.8) is 0 Å². The second-order valence-electron chi connectivity index (χ2n) is 9.01. The van der Waals surface area contributed by atoms with Crippen LogP contribution in [0, 0.1) is 0 Å². The van der Waals surface area contributed by atoms with Gasteiger partial charge in [-0.1, -0.05) is 19.1 Å². The zero-order valence-electron chi connectivity index (χ0n) is 20.4. The Morgan fingerprint density at radius 3 is 2.38 bits per heavy atom. The Balaban J connectivity index is 1.73. The lowest BCUT2D eigenvalue weighted by Gasteiger charge is -2.40. The molecule has 2 aromatic carbocycles. The predicted molar refractivity (Wildman–Crippen MR) is 135 cm³/mol. The smallest absolute Gasteiger partial charge is 0.253 e. The van der Waals surface area contributed by atoms with Crippen molar-refractivity contribution >= 4 is 17.4 Å². The van der Waals surface area contributed by atoms with Crippen LogP contribution in [0.5, 0.6) is 5.75 Å². The fourth-order valence-electron chi connectivity index (χ4n) is 4.81. The summed E-state index contributed by atoms with van der Waals surface area (Å²) < 4.78 is 6.53. The number of fused-ring (bicyclic) bond motifs is 1. The van der Waals surface area contributed by atoms with Gasteiger partial charge < -0.3 is 20.3 Å². The average Bonchev–Trinajstić information content (AvgIpc) is 2.87. The van der Waals surface area contributed by atoms with Crippen LogP contribution < -0.4 is 15.4 Å². The molecule has 0 saturated carbocycles. The third kappa shape index (κ3) is 4.87. The highest BCUT2D eigenvalue weighted by molar-refractivity contribution is 5.97. The standard InChI is InChI=1S/C28H35N3O3/c1-4-17-31(6-3)27(33)21-9-7-20(8-10-21)24-19-28(13-15-29-16-14-28)34-25-12-11-22(18-23(24)25)26(32)30-5-2/h7-12,18-19,29H,4-6,13-17H2,1-3H3,(H,30,32). The number of hydrogen-bond acceptors (Lipinski definition) is 4. The van der Waals surface area contributed by atoms with Crippen molar-refractivity contribution in [2.45, 2.75) is 45.6 Å². The lowest BCUT2D eigenvalue weighted by atomic mass is 9.83. The lowest BCUT2D eigenvalue weighted by Crippen LogP contribution is -2.46. The number of ether oxygens (including phenoxy) is 1. The van der Waals surface area contributed by atoms with Crippen LogP contribution in [0.4, 0.5) is 0 Å². The first-order chi connectivity index (χ1) is 16.5. The minimum atomic E-state index is -0.366. The molecule has 1 saturated heterocycles. The first-order valence-corrected chi connectivity index (χ1v) is 12.4. The van der Waals surface area contributed by atoms with Crippen LogP contribution in [-0.4, -0.2) is 55.0 Å². The van der Waals surface area contributed by atoms with E-state index in [0.717, 1.165) is 61.3 Å². The number of benzene rings is 2. The van der Waals surface area contributed by atoms with Crippen LogP contribution >= 0.6 is 0 Å². The van der Waals surface area contributed by atoms with E-state index in [1.54, 1.807) is 0 Å². The van der Waals surface area contributed by atoms with Gasteiger partial charge in [-0.15, -0.1) is 0 Å². The van der Waals surface area contributed by atoms with Crippen LogP contribution in [0.25, 0.3) is 5.57 Å². The highest BCUT2D eigenvalue weighted by Gasteiger charge is 2.37. The van der Waals surface area contributed by atoms with Crippen molar-refractivity contribution < 1.29 is 14.3 Å². The minimum absolute atomic E-state index is 0.0607. The van der Waals surface area contributed by atoms with Gasteiger partial charge in [0.05, 0.1) is 0 Å². The molecule has 2 N–H and O–H groups in total. The molecule has 2 aromatic rings. The number of carbonyl (C=O) groups is 2. The van der Waals surface area contributed by atoms with E-state index in [-0.39, 0.29) is 17.4 Å². The van der Waals surface area contributed by atoms with Gasteiger partial charge in [0.15, 0.2) is 0 Å². The maximum Gasteiger partial charge on any atom is 0.253 e. The number of nitrogens with zero attached hydrogens (tertiary/aromatic N) is 1. The van der Waals surface area contributed by atoms with Gasteiger partial charge in [0.25, 0.3) is 11.8 Å². The minimum Gasteiger partial charge on any atom is -0.482 e. The molecule has 2 heterocycles. The molecule has 34 heavy (non-hydrogen) atoms. The maximum atomic E-state index is 12.9. The molecule has 0 aromatic heterocycles. The van der Waals surface area contributed by atoms with Gasteiger partial charge in [-0.3, -0.25) is 9.59 Å². The van der Waals surface area contributed by atoms with Crippen LogP contribution in [0.15, 0.2) is 48.5 Å². The molecule has 6 nitrogen and oxygen atoms in total. The van der Waals surface area contributed by atoms with E-state index >= 15 is 0 Å². The van der Waals surface area contributed by atoms with Gasteiger partial charge in [0.1, 0.15) is 11.4 Å². The SMILES string of the molecule is CCCN(CC)C(=O)c1ccc(C2=CC3(CCNCC3)Oc3ccc(C(=O)NCC)cc32)cc1. The van der Waals surface area contributed by atoms with E-state index in [1.807, 2.05) is 61.2 Å². The summed E-state index contributed by atoms with van der Waals surface area (Å²) in [6, 6.07) is 13.5. The summed E-state index contributed by atoms with van der Waals surface area (Å²) in [5.74, 6) is 0.765. The second kappa shape index (κ2) is 10.4. The fourth-order valence-corrected chi connectivity index (χ4v) is 4.81. The molecule has 0 bridgehead atoms. The van der Waals surface area contributed by atoms with Crippen molar-refractivity contribution in [1.82, 2.24) is 15.5 Å². The summed E-state index contributed by atoms with van der Waals surface area (Å²) >= 11 is 0. The molecule has 1 fully saturated rings. The third-order valence-electron chi connectivity index (χ3n) is 6.65. The van der Waals surface area contributed by atoms with Gasteiger partial charge in [-0.25, -0.2) is 0 Å². The third-order valence-corrected chi connectivity index (χ3v) is 6.65.